The van der Waals surface area contributed by atoms with Crippen LogP contribution < -0.4 is 4.90 Å². The predicted octanol–water partition coefficient (Wildman–Crippen LogP) is 2.93. The zero-order chi connectivity index (χ0) is 13.1. The van der Waals surface area contributed by atoms with Gasteiger partial charge in [-0.05, 0) is 29.6 Å². The van der Waals surface area contributed by atoms with Gasteiger partial charge < -0.3 is 4.90 Å². The van der Waals surface area contributed by atoms with Crippen molar-refractivity contribution in [2.75, 3.05) is 11.9 Å². The number of rotatable bonds is 3. The van der Waals surface area contributed by atoms with Crippen LogP contribution >= 0.6 is 11.3 Å². The van der Waals surface area contributed by atoms with E-state index >= 15 is 0 Å². The number of nitro benzene ring substituents is 1. The van der Waals surface area contributed by atoms with Gasteiger partial charge >= 0.3 is 0 Å². The summed E-state index contributed by atoms with van der Waals surface area (Å²) in [6.45, 7) is 0. The summed E-state index contributed by atoms with van der Waals surface area (Å²) in [5.41, 5.74) is 0.404. The van der Waals surface area contributed by atoms with Gasteiger partial charge in [0.05, 0.1) is 9.92 Å². The molecule has 0 unspecified atom stereocenters. The Balaban J connectivity index is 2.21. The molecule has 0 fully saturated rings. The van der Waals surface area contributed by atoms with Gasteiger partial charge in [-0.3, -0.25) is 14.9 Å². The summed E-state index contributed by atoms with van der Waals surface area (Å²) in [6, 6.07) is 9.29. The van der Waals surface area contributed by atoms with E-state index in [0.717, 1.165) is 5.00 Å². The third-order valence-electron chi connectivity index (χ3n) is 2.47. The second-order valence-electron chi connectivity index (χ2n) is 3.62. The SMILES string of the molecule is CN(C(=O)c1ccc([N+](=O)[O-])cc1)c1cccs1. The number of hydrogen-bond acceptors (Lipinski definition) is 4. The van der Waals surface area contributed by atoms with E-state index in [2.05, 4.69) is 0 Å². The molecule has 0 saturated carbocycles. The lowest BCUT2D eigenvalue weighted by molar-refractivity contribution is -0.384. The molecule has 6 heteroatoms. The molecule has 92 valence electrons. The molecule has 0 aliphatic heterocycles. The Morgan fingerprint density at radius 2 is 1.94 bits per heavy atom. The normalized spacial score (nSPS) is 10.1. The van der Waals surface area contributed by atoms with E-state index in [-0.39, 0.29) is 11.6 Å². The summed E-state index contributed by atoms with van der Waals surface area (Å²) >= 11 is 1.46. The zero-order valence-electron chi connectivity index (χ0n) is 9.57. The summed E-state index contributed by atoms with van der Waals surface area (Å²) in [6.07, 6.45) is 0. The lowest BCUT2D eigenvalue weighted by Crippen LogP contribution is -2.25. The van der Waals surface area contributed by atoms with E-state index in [1.807, 2.05) is 17.5 Å². The van der Waals surface area contributed by atoms with Crippen LogP contribution in [0.4, 0.5) is 10.7 Å². The lowest BCUT2D eigenvalue weighted by Gasteiger charge is -2.14. The van der Waals surface area contributed by atoms with Crippen molar-refractivity contribution in [3.8, 4) is 0 Å². The van der Waals surface area contributed by atoms with E-state index in [4.69, 9.17) is 0 Å². The Labute approximate surface area is 107 Å². The minimum absolute atomic E-state index is 0.0228. The number of benzene rings is 1. The third kappa shape index (κ3) is 2.38. The topological polar surface area (TPSA) is 63.5 Å². The van der Waals surface area contributed by atoms with E-state index in [0.29, 0.717) is 5.56 Å². The average molecular weight is 262 g/mol. The highest BCUT2D eigenvalue weighted by Crippen LogP contribution is 2.22. The molecule has 0 radical (unpaired) electrons. The van der Waals surface area contributed by atoms with Gasteiger partial charge in [0.1, 0.15) is 0 Å². The fraction of sp³-hybridized carbons (Fsp3) is 0.0833. The van der Waals surface area contributed by atoms with Gasteiger partial charge in [0.2, 0.25) is 0 Å². The fourth-order valence-corrected chi connectivity index (χ4v) is 2.17. The smallest absolute Gasteiger partial charge is 0.269 e. The number of thiophene rings is 1. The monoisotopic (exact) mass is 262 g/mol. The highest BCUT2D eigenvalue weighted by Gasteiger charge is 2.15. The molecular weight excluding hydrogens is 252 g/mol. The van der Waals surface area contributed by atoms with Gasteiger partial charge in [-0.15, -0.1) is 11.3 Å². The maximum Gasteiger partial charge on any atom is 0.269 e. The molecule has 0 bridgehead atoms. The molecule has 0 spiro atoms. The number of hydrogen-bond donors (Lipinski definition) is 0. The fourth-order valence-electron chi connectivity index (χ4n) is 1.48. The van der Waals surface area contributed by atoms with Crippen molar-refractivity contribution in [2.45, 2.75) is 0 Å². The summed E-state index contributed by atoms with van der Waals surface area (Å²) in [5.74, 6) is -0.188. The summed E-state index contributed by atoms with van der Waals surface area (Å²) in [5, 5.41) is 13.2. The van der Waals surface area contributed by atoms with Gasteiger partial charge in [-0.1, -0.05) is 0 Å². The molecule has 2 aromatic rings. The minimum Gasteiger partial charge on any atom is -0.303 e. The summed E-state index contributed by atoms with van der Waals surface area (Å²) < 4.78 is 0. The Bertz CT molecular complexity index is 564. The zero-order valence-corrected chi connectivity index (χ0v) is 10.4. The Morgan fingerprint density at radius 3 is 2.44 bits per heavy atom. The first-order valence-electron chi connectivity index (χ1n) is 5.15. The van der Waals surface area contributed by atoms with Crippen LogP contribution in [0.3, 0.4) is 0 Å². The second-order valence-corrected chi connectivity index (χ2v) is 4.55. The van der Waals surface area contributed by atoms with Crippen molar-refractivity contribution in [2.24, 2.45) is 0 Å². The second kappa shape index (κ2) is 4.97. The van der Waals surface area contributed by atoms with Crippen molar-refractivity contribution in [1.82, 2.24) is 0 Å². The highest BCUT2D eigenvalue weighted by molar-refractivity contribution is 7.14. The van der Waals surface area contributed by atoms with Crippen LogP contribution in [0.2, 0.25) is 0 Å². The molecule has 1 aromatic carbocycles. The van der Waals surface area contributed by atoms with E-state index in [9.17, 15) is 14.9 Å². The molecule has 1 aromatic heterocycles. The lowest BCUT2D eigenvalue weighted by atomic mass is 10.2. The van der Waals surface area contributed by atoms with Crippen molar-refractivity contribution in [1.29, 1.82) is 0 Å². The van der Waals surface area contributed by atoms with Gasteiger partial charge in [0.15, 0.2) is 0 Å². The molecule has 2 rings (SSSR count). The summed E-state index contributed by atoms with van der Waals surface area (Å²) in [4.78, 5) is 23.6. The number of carbonyl (C=O) groups is 1. The average Bonchev–Trinajstić information content (AvgIpc) is 2.91. The van der Waals surface area contributed by atoms with Crippen LogP contribution in [0.1, 0.15) is 10.4 Å². The molecular formula is C12H10N2O3S. The first kappa shape index (κ1) is 12.3. The van der Waals surface area contributed by atoms with Crippen molar-refractivity contribution in [3.05, 3.63) is 57.5 Å². The Hall–Kier alpha value is -2.21. The van der Waals surface area contributed by atoms with Crippen molar-refractivity contribution < 1.29 is 9.72 Å². The first-order valence-corrected chi connectivity index (χ1v) is 6.03. The molecule has 0 aliphatic carbocycles. The van der Waals surface area contributed by atoms with E-state index < -0.39 is 4.92 Å². The molecule has 0 saturated heterocycles. The first-order chi connectivity index (χ1) is 8.59. The maximum atomic E-state index is 12.1. The van der Waals surface area contributed by atoms with Crippen LogP contribution in [0, 0.1) is 10.1 Å². The van der Waals surface area contributed by atoms with Crippen LogP contribution in [0.25, 0.3) is 0 Å². The van der Waals surface area contributed by atoms with E-state index in [1.54, 1.807) is 7.05 Å². The number of amides is 1. The standard InChI is InChI=1S/C12H10N2O3S/c1-13(11-3-2-8-18-11)12(15)9-4-6-10(7-5-9)14(16)17/h2-8H,1H3. The van der Waals surface area contributed by atoms with Gasteiger partial charge in [-0.2, -0.15) is 0 Å². The number of non-ortho nitro benzene ring substituents is 1. The molecule has 1 amide bonds. The van der Waals surface area contributed by atoms with Crippen LogP contribution in [-0.2, 0) is 0 Å². The molecule has 1 heterocycles. The van der Waals surface area contributed by atoms with Crippen LogP contribution in [0.5, 0.6) is 0 Å². The van der Waals surface area contributed by atoms with Crippen LogP contribution in [0.15, 0.2) is 41.8 Å². The summed E-state index contributed by atoms with van der Waals surface area (Å²) in [7, 11) is 1.68. The minimum atomic E-state index is -0.489. The van der Waals surface area contributed by atoms with Gasteiger partial charge in [0, 0.05) is 24.7 Å². The van der Waals surface area contributed by atoms with Gasteiger partial charge in [-0.25, -0.2) is 0 Å². The Morgan fingerprint density at radius 1 is 1.28 bits per heavy atom. The molecule has 18 heavy (non-hydrogen) atoms. The molecule has 0 N–H and O–H groups in total. The molecule has 0 atom stereocenters. The quantitative estimate of drug-likeness (QED) is 0.631. The maximum absolute atomic E-state index is 12.1. The van der Waals surface area contributed by atoms with Crippen molar-refractivity contribution in [3.63, 3.8) is 0 Å². The van der Waals surface area contributed by atoms with Crippen LogP contribution in [-0.4, -0.2) is 17.9 Å². The number of nitrogens with zero attached hydrogens (tertiary/aromatic N) is 2. The number of carbonyl (C=O) groups excluding carboxylic acids is 1. The van der Waals surface area contributed by atoms with E-state index in [1.165, 1.54) is 40.5 Å². The molecule has 0 aliphatic rings. The number of anilines is 1. The largest absolute Gasteiger partial charge is 0.303 e. The third-order valence-corrected chi connectivity index (χ3v) is 3.41. The number of nitro groups is 1. The predicted molar refractivity (Wildman–Crippen MR) is 70.1 cm³/mol. The molecule has 5 nitrogen and oxygen atoms in total. The Kier molecular flexibility index (Phi) is 3.38. The van der Waals surface area contributed by atoms with Gasteiger partial charge in [0.25, 0.3) is 11.6 Å². The highest BCUT2D eigenvalue weighted by atomic mass is 32.1. The van der Waals surface area contributed by atoms with Crippen molar-refractivity contribution >= 4 is 27.9 Å².